The Morgan fingerprint density at radius 2 is 1.86 bits per heavy atom. The number of nitrogens with zero attached hydrogens (tertiary/aromatic N) is 2. The van der Waals surface area contributed by atoms with E-state index in [9.17, 15) is 14.0 Å². The lowest BCUT2D eigenvalue weighted by Crippen LogP contribution is -2.52. The molecule has 1 heterocycles. The fourth-order valence-electron chi connectivity index (χ4n) is 4.37. The minimum Gasteiger partial charge on any atom is -0.367 e. The zero-order chi connectivity index (χ0) is 20.3. The standard InChI is InChI=1S/C22H32FN3O2/c1-15-5-4-6-20(16(15)2)24-22(28)14-25-9-11-26(12-10-25)21-8-7-18(17(3)27)13-19(21)23/h7-8,13,15-16,20H,4-6,9-12,14H2,1-3H3,(H,24,28). The molecule has 28 heavy (non-hydrogen) atoms. The molecule has 1 saturated heterocycles. The molecule has 0 bridgehead atoms. The molecule has 6 heteroatoms. The Kier molecular flexibility index (Phi) is 6.70. The Morgan fingerprint density at radius 3 is 2.50 bits per heavy atom. The Bertz CT molecular complexity index is 716. The molecule has 1 amide bonds. The number of piperazine rings is 1. The van der Waals surface area contributed by atoms with Gasteiger partial charge in [0.25, 0.3) is 0 Å². The second-order valence-corrected chi connectivity index (χ2v) is 8.43. The lowest BCUT2D eigenvalue weighted by molar-refractivity contribution is -0.123. The van der Waals surface area contributed by atoms with Crippen LogP contribution in [-0.4, -0.2) is 55.4 Å². The normalized spacial score (nSPS) is 26.1. The summed E-state index contributed by atoms with van der Waals surface area (Å²) < 4.78 is 14.4. The van der Waals surface area contributed by atoms with Crippen LogP contribution >= 0.6 is 0 Å². The summed E-state index contributed by atoms with van der Waals surface area (Å²) in [5.41, 5.74) is 0.918. The van der Waals surface area contributed by atoms with Crippen LogP contribution in [0.2, 0.25) is 0 Å². The number of carbonyl (C=O) groups is 2. The topological polar surface area (TPSA) is 52.7 Å². The highest BCUT2D eigenvalue weighted by molar-refractivity contribution is 5.94. The van der Waals surface area contributed by atoms with Gasteiger partial charge in [0.05, 0.1) is 12.2 Å². The largest absolute Gasteiger partial charge is 0.367 e. The minimum atomic E-state index is -0.362. The van der Waals surface area contributed by atoms with Crippen molar-refractivity contribution in [3.05, 3.63) is 29.6 Å². The second kappa shape index (κ2) is 9.03. The van der Waals surface area contributed by atoms with Crippen molar-refractivity contribution in [2.45, 2.75) is 46.1 Å². The van der Waals surface area contributed by atoms with E-state index in [0.29, 0.717) is 42.7 Å². The van der Waals surface area contributed by atoms with Crippen LogP contribution in [0.5, 0.6) is 0 Å². The molecule has 2 aliphatic rings. The Labute approximate surface area is 167 Å². The van der Waals surface area contributed by atoms with Crippen LogP contribution in [0.3, 0.4) is 0 Å². The number of hydrogen-bond donors (Lipinski definition) is 1. The second-order valence-electron chi connectivity index (χ2n) is 8.43. The van der Waals surface area contributed by atoms with E-state index >= 15 is 0 Å². The van der Waals surface area contributed by atoms with Crippen molar-refractivity contribution >= 4 is 17.4 Å². The average Bonchev–Trinajstić information content (AvgIpc) is 2.66. The van der Waals surface area contributed by atoms with Gasteiger partial charge in [-0.2, -0.15) is 0 Å². The molecule has 154 valence electrons. The third kappa shape index (κ3) is 4.90. The minimum absolute atomic E-state index is 0.0939. The fourth-order valence-corrected chi connectivity index (χ4v) is 4.37. The molecule has 3 atom stereocenters. The molecule has 0 spiro atoms. The van der Waals surface area contributed by atoms with Gasteiger partial charge in [-0.3, -0.25) is 14.5 Å². The molecule has 2 fully saturated rings. The maximum Gasteiger partial charge on any atom is 0.234 e. The molecule has 1 aliphatic carbocycles. The highest BCUT2D eigenvalue weighted by Crippen LogP contribution is 2.29. The summed E-state index contributed by atoms with van der Waals surface area (Å²) in [6.07, 6.45) is 3.50. The van der Waals surface area contributed by atoms with Crippen molar-refractivity contribution in [1.82, 2.24) is 10.2 Å². The molecular weight excluding hydrogens is 357 g/mol. The molecule has 0 aromatic heterocycles. The number of hydrogen-bond acceptors (Lipinski definition) is 4. The van der Waals surface area contributed by atoms with Crippen LogP contribution in [0.15, 0.2) is 18.2 Å². The molecule has 5 nitrogen and oxygen atoms in total. The van der Waals surface area contributed by atoms with E-state index in [-0.39, 0.29) is 23.5 Å². The summed E-state index contributed by atoms with van der Waals surface area (Å²) in [7, 11) is 0. The maximum absolute atomic E-state index is 14.4. The highest BCUT2D eigenvalue weighted by Gasteiger charge is 2.29. The predicted molar refractivity (Wildman–Crippen MR) is 109 cm³/mol. The number of anilines is 1. The van der Waals surface area contributed by atoms with Gasteiger partial charge in [-0.15, -0.1) is 0 Å². The number of carbonyl (C=O) groups excluding carboxylic acids is 2. The molecule has 1 saturated carbocycles. The predicted octanol–water partition coefficient (Wildman–Crippen LogP) is 3.09. The van der Waals surface area contributed by atoms with E-state index in [0.717, 1.165) is 19.5 Å². The van der Waals surface area contributed by atoms with E-state index in [1.54, 1.807) is 12.1 Å². The first kappa shape index (κ1) is 20.8. The van der Waals surface area contributed by atoms with Gasteiger partial charge >= 0.3 is 0 Å². The van der Waals surface area contributed by atoms with Crippen LogP contribution in [0.25, 0.3) is 0 Å². The fraction of sp³-hybridized carbons (Fsp3) is 0.636. The van der Waals surface area contributed by atoms with Gasteiger partial charge < -0.3 is 10.2 Å². The molecule has 3 unspecified atom stereocenters. The summed E-state index contributed by atoms with van der Waals surface area (Å²) in [6.45, 7) is 9.12. The van der Waals surface area contributed by atoms with Crippen molar-refractivity contribution in [2.75, 3.05) is 37.6 Å². The third-order valence-corrected chi connectivity index (χ3v) is 6.49. The monoisotopic (exact) mass is 389 g/mol. The lowest BCUT2D eigenvalue weighted by Gasteiger charge is -2.37. The Balaban J connectivity index is 1.49. The highest BCUT2D eigenvalue weighted by atomic mass is 19.1. The van der Waals surface area contributed by atoms with Gasteiger partial charge in [0.1, 0.15) is 5.82 Å². The zero-order valence-corrected chi connectivity index (χ0v) is 17.2. The van der Waals surface area contributed by atoms with Crippen molar-refractivity contribution in [1.29, 1.82) is 0 Å². The Hall–Kier alpha value is -1.95. The van der Waals surface area contributed by atoms with Crippen molar-refractivity contribution in [2.24, 2.45) is 11.8 Å². The summed E-state index contributed by atoms with van der Waals surface area (Å²) in [5.74, 6) is 0.779. The van der Waals surface area contributed by atoms with Gasteiger partial charge in [0, 0.05) is 37.8 Å². The first-order valence-corrected chi connectivity index (χ1v) is 10.4. The summed E-state index contributed by atoms with van der Waals surface area (Å²) in [5, 5.41) is 3.23. The lowest BCUT2D eigenvalue weighted by atomic mass is 9.78. The van der Waals surface area contributed by atoms with Gasteiger partial charge in [-0.1, -0.05) is 26.7 Å². The third-order valence-electron chi connectivity index (χ3n) is 6.49. The SMILES string of the molecule is CC(=O)c1ccc(N2CCN(CC(=O)NC3CCCC(C)C3C)CC2)c(F)c1. The average molecular weight is 390 g/mol. The van der Waals surface area contributed by atoms with Crippen LogP contribution in [-0.2, 0) is 4.79 Å². The molecule has 1 N–H and O–H groups in total. The molecular formula is C22H32FN3O2. The summed E-state index contributed by atoms with van der Waals surface area (Å²) in [6, 6.07) is 4.95. The van der Waals surface area contributed by atoms with Crippen LogP contribution < -0.4 is 10.2 Å². The molecule has 1 aliphatic heterocycles. The van der Waals surface area contributed by atoms with Gasteiger partial charge in [-0.25, -0.2) is 4.39 Å². The molecule has 0 radical (unpaired) electrons. The van der Waals surface area contributed by atoms with Gasteiger partial charge in [0.2, 0.25) is 5.91 Å². The molecule has 1 aromatic rings. The Morgan fingerprint density at radius 1 is 1.14 bits per heavy atom. The number of ketones is 1. The number of Topliss-reactive ketones (excluding diaryl/α,β-unsaturated/α-hetero) is 1. The maximum atomic E-state index is 14.4. The first-order valence-electron chi connectivity index (χ1n) is 10.4. The quantitative estimate of drug-likeness (QED) is 0.787. The molecule has 1 aromatic carbocycles. The number of nitrogens with one attached hydrogen (secondary N) is 1. The first-order chi connectivity index (χ1) is 13.3. The summed E-state index contributed by atoms with van der Waals surface area (Å²) in [4.78, 5) is 28.0. The van der Waals surface area contributed by atoms with Crippen molar-refractivity contribution < 1.29 is 14.0 Å². The number of benzene rings is 1. The number of amides is 1. The van der Waals surface area contributed by atoms with Crippen LogP contribution in [0, 0.1) is 17.7 Å². The van der Waals surface area contributed by atoms with Crippen LogP contribution in [0.1, 0.15) is 50.4 Å². The number of rotatable bonds is 5. The van der Waals surface area contributed by atoms with E-state index in [1.807, 2.05) is 4.90 Å². The van der Waals surface area contributed by atoms with Crippen molar-refractivity contribution in [3.63, 3.8) is 0 Å². The van der Waals surface area contributed by atoms with Gasteiger partial charge in [-0.05, 0) is 43.4 Å². The molecule has 3 rings (SSSR count). The van der Waals surface area contributed by atoms with E-state index < -0.39 is 0 Å². The summed E-state index contributed by atoms with van der Waals surface area (Å²) >= 11 is 0. The van der Waals surface area contributed by atoms with Crippen molar-refractivity contribution in [3.8, 4) is 0 Å². The van der Waals surface area contributed by atoms with Gasteiger partial charge in [0.15, 0.2) is 5.78 Å². The van der Waals surface area contributed by atoms with E-state index in [1.165, 1.54) is 25.8 Å². The smallest absolute Gasteiger partial charge is 0.234 e. The van der Waals surface area contributed by atoms with E-state index in [4.69, 9.17) is 0 Å². The zero-order valence-electron chi connectivity index (χ0n) is 17.2. The van der Waals surface area contributed by atoms with Crippen LogP contribution in [0.4, 0.5) is 10.1 Å². The number of halogens is 1. The van der Waals surface area contributed by atoms with E-state index in [2.05, 4.69) is 24.1 Å².